The summed E-state index contributed by atoms with van der Waals surface area (Å²) in [5.41, 5.74) is 0. The SMILES string of the molecule is N#CC1CCCC1/C=N/OS(=O)(=O)c1ccccc1. The third-order valence-corrected chi connectivity index (χ3v) is 4.29. The van der Waals surface area contributed by atoms with Crippen LogP contribution >= 0.6 is 0 Å². The average Bonchev–Trinajstić information content (AvgIpc) is 2.87. The Morgan fingerprint density at radius 1 is 1.32 bits per heavy atom. The first-order valence-electron chi connectivity index (χ1n) is 6.05. The van der Waals surface area contributed by atoms with Gasteiger partial charge in [0.25, 0.3) is 0 Å². The number of oxime groups is 1. The minimum Gasteiger partial charge on any atom is -0.265 e. The number of hydrogen-bond donors (Lipinski definition) is 0. The van der Waals surface area contributed by atoms with Gasteiger partial charge in [-0.25, -0.2) is 0 Å². The van der Waals surface area contributed by atoms with Crippen LogP contribution in [0.15, 0.2) is 40.4 Å². The van der Waals surface area contributed by atoms with Gasteiger partial charge in [-0.2, -0.15) is 13.7 Å². The van der Waals surface area contributed by atoms with Gasteiger partial charge < -0.3 is 0 Å². The largest absolute Gasteiger partial charge is 0.358 e. The summed E-state index contributed by atoms with van der Waals surface area (Å²) >= 11 is 0. The molecular formula is C13H14N2O3S. The summed E-state index contributed by atoms with van der Waals surface area (Å²) in [7, 11) is -3.86. The Hall–Kier alpha value is -1.87. The van der Waals surface area contributed by atoms with Crippen molar-refractivity contribution in [3.05, 3.63) is 30.3 Å². The molecule has 0 aliphatic heterocycles. The molecule has 1 aliphatic rings. The van der Waals surface area contributed by atoms with E-state index in [9.17, 15) is 8.42 Å². The molecule has 2 atom stereocenters. The molecule has 1 fully saturated rings. The van der Waals surface area contributed by atoms with Crippen LogP contribution in [-0.2, 0) is 14.4 Å². The zero-order valence-electron chi connectivity index (χ0n) is 10.3. The normalized spacial score (nSPS) is 23.3. The van der Waals surface area contributed by atoms with E-state index < -0.39 is 10.1 Å². The maximum absolute atomic E-state index is 11.8. The summed E-state index contributed by atoms with van der Waals surface area (Å²) < 4.78 is 28.1. The molecule has 1 aliphatic carbocycles. The van der Waals surface area contributed by atoms with Crippen LogP contribution in [0.25, 0.3) is 0 Å². The van der Waals surface area contributed by atoms with E-state index in [-0.39, 0.29) is 16.7 Å². The van der Waals surface area contributed by atoms with Gasteiger partial charge >= 0.3 is 10.1 Å². The van der Waals surface area contributed by atoms with Gasteiger partial charge in [-0.1, -0.05) is 29.8 Å². The van der Waals surface area contributed by atoms with Crippen LogP contribution in [0.1, 0.15) is 19.3 Å². The topological polar surface area (TPSA) is 79.5 Å². The Kier molecular flexibility index (Phi) is 4.17. The van der Waals surface area contributed by atoms with Gasteiger partial charge in [0, 0.05) is 12.1 Å². The Morgan fingerprint density at radius 3 is 2.74 bits per heavy atom. The standard InChI is InChI=1S/C13H14N2O3S/c14-9-11-5-4-6-12(11)10-15-18-19(16,17)13-7-2-1-3-8-13/h1-3,7-8,10-12H,4-6H2/b15-10+. The minimum atomic E-state index is -3.86. The van der Waals surface area contributed by atoms with Crippen molar-refractivity contribution in [1.82, 2.24) is 0 Å². The Labute approximate surface area is 112 Å². The van der Waals surface area contributed by atoms with Crippen molar-refractivity contribution in [2.24, 2.45) is 17.0 Å². The van der Waals surface area contributed by atoms with Crippen LogP contribution in [0.3, 0.4) is 0 Å². The van der Waals surface area contributed by atoms with E-state index in [1.165, 1.54) is 18.3 Å². The van der Waals surface area contributed by atoms with Crippen molar-refractivity contribution < 1.29 is 12.7 Å². The number of rotatable bonds is 4. The number of nitriles is 1. The van der Waals surface area contributed by atoms with Crippen molar-refractivity contribution in [3.63, 3.8) is 0 Å². The quantitative estimate of drug-likeness (QED) is 0.625. The molecule has 1 aromatic rings. The molecule has 0 heterocycles. The molecule has 0 N–H and O–H groups in total. The average molecular weight is 278 g/mol. The van der Waals surface area contributed by atoms with Gasteiger partial charge in [-0.05, 0) is 25.0 Å². The van der Waals surface area contributed by atoms with Gasteiger partial charge in [0.1, 0.15) is 4.90 Å². The highest BCUT2D eigenvalue weighted by atomic mass is 32.2. The Bertz CT molecular complexity index is 590. The molecule has 19 heavy (non-hydrogen) atoms. The van der Waals surface area contributed by atoms with E-state index >= 15 is 0 Å². The molecule has 0 bridgehead atoms. The van der Waals surface area contributed by atoms with E-state index in [4.69, 9.17) is 5.26 Å². The molecule has 2 rings (SSSR count). The molecule has 0 spiro atoms. The van der Waals surface area contributed by atoms with Gasteiger partial charge in [-0.3, -0.25) is 4.28 Å². The lowest BCUT2D eigenvalue weighted by Crippen LogP contribution is -2.08. The fourth-order valence-electron chi connectivity index (χ4n) is 2.12. The minimum absolute atomic E-state index is 0.0176. The molecule has 0 saturated heterocycles. The number of nitrogens with zero attached hydrogens (tertiary/aromatic N) is 2. The second-order valence-corrected chi connectivity index (χ2v) is 5.96. The fraction of sp³-hybridized carbons (Fsp3) is 0.385. The van der Waals surface area contributed by atoms with Crippen molar-refractivity contribution in [2.75, 3.05) is 0 Å². The summed E-state index contributed by atoms with van der Waals surface area (Å²) in [6.45, 7) is 0. The van der Waals surface area contributed by atoms with Gasteiger partial charge in [0.2, 0.25) is 0 Å². The predicted octanol–water partition coefficient (Wildman–Crippen LogP) is 2.32. The number of benzene rings is 1. The second-order valence-electron chi connectivity index (χ2n) is 4.43. The Balaban J connectivity index is 2.01. The van der Waals surface area contributed by atoms with Gasteiger partial charge in [0.15, 0.2) is 0 Å². The molecule has 1 aromatic carbocycles. The second kappa shape index (κ2) is 5.85. The zero-order chi connectivity index (χ0) is 13.7. The molecule has 6 heteroatoms. The lowest BCUT2D eigenvalue weighted by atomic mass is 9.99. The van der Waals surface area contributed by atoms with Crippen LogP contribution < -0.4 is 0 Å². The maximum Gasteiger partial charge on any atom is 0.358 e. The first kappa shape index (κ1) is 13.6. The fourth-order valence-corrected chi connectivity index (χ4v) is 2.86. The van der Waals surface area contributed by atoms with E-state index in [0.29, 0.717) is 0 Å². The highest BCUT2D eigenvalue weighted by Gasteiger charge is 2.26. The van der Waals surface area contributed by atoms with Crippen LogP contribution in [0, 0.1) is 23.2 Å². The highest BCUT2D eigenvalue weighted by Crippen LogP contribution is 2.29. The van der Waals surface area contributed by atoms with Crippen molar-refractivity contribution in [1.29, 1.82) is 5.26 Å². The van der Waals surface area contributed by atoms with Crippen LogP contribution in [0.2, 0.25) is 0 Å². The van der Waals surface area contributed by atoms with Gasteiger partial charge in [-0.15, -0.1) is 0 Å². The molecular weight excluding hydrogens is 264 g/mol. The molecule has 0 amide bonds. The number of hydrogen-bond acceptors (Lipinski definition) is 5. The lowest BCUT2D eigenvalue weighted by molar-refractivity contribution is 0.337. The summed E-state index contributed by atoms with van der Waals surface area (Å²) in [6, 6.07) is 10.0. The first-order valence-corrected chi connectivity index (χ1v) is 7.46. The van der Waals surface area contributed by atoms with Gasteiger partial charge in [0.05, 0.1) is 12.0 Å². The monoisotopic (exact) mass is 278 g/mol. The molecule has 100 valence electrons. The first-order chi connectivity index (χ1) is 9.13. The zero-order valence-corrected chi connectivity index (χ0v) is 11.1. The molecule has 2 unspecified atom stereocenters. The van der Waals surface area contributed by atoms with Crippen molar-refractivity contribution in [2.45, 2.75) is 24.2 Å². The van der Waals surface area contributed by atoms with Crippen LogP contribution in [-0.4, -0.2) is 14.6 Å². The molecule has 1 saturated carbocycles. The van der Waals surface area contributed by atoms with E-state index in [1.807, 2.05) is 0 Å². The third-order valence-electron chi connectivity index (χ3n) is 3.16. The van der Waals surface area contributed by atoms with Crippen molar-refractivity contribution in [3.8, 4) is 6.07 Å². The highest BCUT2D eigenvalue weighted by molar-refractivity contribution is 7.86. The third kappa shape index (κ3) is 3.32. The lowest BCUT2D eigenvalue weighted by Gasteiger charge is -2.05. The van der Waals surface area contributed by atoms with E-state index in [0.717, 1.165) is 19.3 Å². The Morgan fingerprint density at radius 2 is 2.05 bits per heavy atom. The van der Waals surface area contributed by atoms with Crippen LogP contribution in [0.4, 0.5) is 0 Å². The van der Waals surface area contributed by atoms with Crippen LogP contribution in [0.5, 0.6) is 0 Å². The summed E-state index contributed by atoms with van der Waals surface area (Å²) in [5, 5.41) is 12.4. The summed E-state index contributed by atoms with van der Waals surface area (Å²) in [6.07, 6.45) is 4.07. The molecule has 5 nitrogen and oxygen atoms in total. The molecule has 0 aromatic heterocycles. The predicted molar refractivity (Wildman–Crippen MR) is 69.6 cm³/mol. The summed E-state index contributed by atoms with van der Waals surface area (Å²) in [5.74, 6) is -0.109. The maximum atomic E-state index is 11.8. The van der Waals surface area contributed by atoms with Crippen molar-refractivity contribution >= 4 is 16.3 Å². The molecule has 0 radical (unpaired) electrons. The van der Waals surface area contributed by atoms with E-state index in [2.05, 4.69) is 15.5 Å². The summed E-state index contributed by atoms with van der Waals surface area (Å²) in [4.78, 5) is 0.0652. The smallest absolute Gasteiger partial charge is 0.265 e. The van der Waals surface area contributed by atoms with E-state index in [1.54, 1.807) is 18.2 Å².